The molecule has 2 aliphatic rings. The average molecular weight is 277 g/mol. The van der Waals surface area contributed by atoms with Crippen molar-refractivity contribution in [3.8, 4) is 0 Å². The molecule has 0 radical (unpaired) electrons. The predicted molar refractivity (Wildman–Crippen MR) is 75.2 cm³/mol. The van der Waals surface area contributed by atoms with Crippen molar-refractivity contribution in [1.29, 1.82) is 0 Å². The molecule has 2 atom stereocenters. The van der Waals surface area contributed by atoms with Crippen LogP contribution in [0, 0.1) is 6.92 Å². The molecular formula is C15H23N3O2. The summed E-state index contributed by atoms with van der Waals surface area (Å²) in [4.78, 5) is 15.0. The maximum Gasteiger partial charge on any atom is 0.243 e. The Labute approximate surface area is 119 Å². The van der Waals surface area contributed by atoms with Crippen molar-refractivity contribution in [2.45, 2.75) is 57.5 Å². The van der Waals surface area contributed by atoms with E-state index in [1.54, 1.807) is 0 Å². The minimum Gasteiger partial charge on any atom is -0.359 e. The highest BCUT2D eigenvalue weighted by atomic mass is 16.5. The molecule has 2 saturated heterocycles. The molecule has 1 aromatic rings. The van der Waals surface area contributed by atoms with Crippen molar-refractivity contribution < 1.29 is 9.32 Å². The van der Waals surface area contributed by atoms with Crippen LogP contribution in [0.2, 0.25) is 0 Å². The van der Waals surface area contributed by atoms with Crippen LogP contribution < -0.4 is 5.32 Å². The Morgan fingerprint density at radius 1 is 1.60 bits per heavy atom. The van der Waals surface area contributed by atoms with E-state index in [0.29, 0.717) is 0 Å². The number of aromatic nitrogens is 1. The van der Waals surface area contributed by atoms with Crippen molar-refractivity contribution >= 4 is 5.91 Å². The molecule has 110 valence electrons. The Morgan fingerprint density at radius 2 is 2.45 bits per heavy atom. The normalized spacial score (nSPS) is 30.1. The number of likely N-dealkylation sites (tertiary alicyclic amines) is 1. The van der Waals surface area contributed by atoms with Crippen LogP contribution in [0.1, 0.15) is 56.5 Å². The van der Waals surface area contributed by atoms with Crippen LogP contribution in [0.4, 0.5) is 0 Å². The SMILES string of the molecule is CCC1(C(=O)N2CCCC2c2cc(C)no2)CCCN1. The van der Waals surface area contributed by atoms with Crippen molar-refractivity contribution in [3.63, 3.8) is 0 Å². The maximum atomic E-state index is 13.0. The topological polar surface area (TPSA) is 58.4 Å². The number of nitrogens with zero attached hydrogens (tertiary/aromatic N) is 2. The summed E-state index contributed by atoms with van der Waals surface area (Å²) in [6, 6.07) is 2.02. The van der Waals surface area contributed by atoms with Gasteiger partial charge in [-0.2, -0.15) is 0 Å². The molecule has 2 unspecified atom stereocenters. The van der Waals surface area contributed by atoms with E-state index in [9.17, 15) is 4.79 Å². The Bertz CT molecular complexity index is 491. The van der Waals surface area contributed by atoms with E-state index in [-0.39, 0.29) is 17.5 Å². The van der Waals surface area contributed by atoms with E-state index >= 15 is 0 Å². The van der Waals surface area contributed by atoms with Gasteiger partial charge in [0.25, 0.3) is 0 Å². The van der Waals surface area contributed by atoms with Crippen LogP contribution in [0.15, 0.2) is 10.6 Å². The van der Waals surface area contributed by atoms with E-state index in [2.05, 4.69) is 17.4 Å². The van der Waals surface area contributed by atoms with Gasteiger partial charge >= 0.3 is 0 Å². The van der Waals surface area contributed by atoms with Crippen LogP contribution in [0.5, 0.6) is 0 Å². The summed E-state index contributed by atoms with van der Waals surface area (Å²) in [7, 11) is 0. The fourth-order valence-electron chi connectivity index (χ4n) is 3.56. The van der Waals surface area contributed by atoms with Gasteiger partial charge in [-0.15, -0.1) is 0 Å². The molecule has 0 spiro atoms. The first-order chi connectivity index (χ1) is 9.66. The summed E-state index contributed by atoms with van der Waals surface area (Å²) in [6.45, 7) is 5.78. The minimum atomic E-state index is -0.350. The van der Waals surface area contributed by atoms with Gasteiger partial charge in [-0.25, -0.2) is 0 Å². The first-order valence-electron chi connectivity index (χ1n) is 7.65. The third kappa shape index (κ3) is 2.14. The highest BCUT2D eigenvalue weighted by Crippen LogP contribution is 2.36. The van der Waals surface area contributed by atoms with Crippen molar-refractivity contribution in [2.75, 3.05) is 13.1 Å². The van der Waals surface area contributed by atoms with Gasteiger partial charge in [0.2, 0.25) is 5.91 Å². The molecule has 20 heavy (non-hydrogen) atoms. The Hall–Kier alpha value is -1.36. The zero-order valence-corrected chi connectivity index (χ0v) is 12.3. The van der Waals surface area contributed by atoms with E-state index in [1.807, 2.05) is 17.9 Å². The highest BCUT2D eigenvalue weighted by Gasteiger charge is 2.45. The number of carbonyl (C=O) groups is 1. The van der Waals surface area contributed by atoms with E-state index in [0.717, 1.165) is 56.6 Å². The molecular weight excluding hydrogens is 254 g/mol. The summed E-state index contributed by atoms with van der Waals surface area (Å²) in [6.07, 6.45) is 4.89. The van der Waals surface area contributed by atoms with Crippen molar-refractivity contribution in [2.24, 2.45) is 0 Å². The summed E-state index contributed by atoms with van der Waals surface area (Å²) in [5.74, 6) is 1.08. The summed E-state index contributed by atoms with van der Waals surface area (Å²) in [5, 5.41) is 7.40. The van der Waals surface area contributed by atoms with Crippen molar-refractivity contribution in [1.82, 2.24) is 15.4 Å². The monoisotopic (exact) mass is 277 g/mol. The number of aryl methyl sites for hydroxylation is 1. The van der Waals surface area contributed by atoms with Gasteiger partial charge < -0.3 is 14.7 Å². The van der Waals surface area contributed by atoms with Gasteiger partial charge in [0.15, 0.2) is 5.76 Å². The fourth-order valence-corrected chi connectivity index (χ4v) is 3.56. The van der Waals surface area contributed by atoms with Crippen LogP contribution in [0.25, 0.3) is 0 Å². The van der Waals surface area contributed by atoms with E-state index < -0.39 is 0 Å². The molecule has 1 amide bonds. The van der Waals surface area contributed by atoms with Gasteiger partial charge in [-0.1, -0.05) is 12.1 Å². The second-order valence-corrected chi connectivity index (χ2v) is 5.99. The third-order valence-corrected chi connectivity index (χ3v) is 4.74. The molecule has 1 aromatic heterocycles. The minimum absolute atomic E-state index is 0.0644. The molecule has 0 aliphatic carbocycles. The number of nitrogens with one attached hydrogen (secondary N) is 1. The molecule has 3 heterocycles. The lowest BCUT2D eigenvalue weighted by Crippen LogP contribution is -2.54. The second kappa shape index (κ2) is 5.20. The molecule has 2 fully saturated rings. The number of amides is 1. The van der Waals surface area contributed by atoms with Gasteiger partial charge in [-0.3, -0.25) is 4.79 Å². The van der Waals surface area contributed by atoms with Gasteiger partial charge in [-0.05, 0) is 45.6 Å². The lowest BCUT2D eigenvalue weighted by Gasteiger charge is -2.34. The molecule has 2 aliphatic heterocycles. The summed E-state index contributed by atoms with van der Waals surface area (Å²) >= 11 is 0. The lowest BCUT2D eigenvalue weighted by atomic mass is 9.92. The zero-order chi connectivity index (χ0) is 14.2. The average Bonchev–Trinajstić information content (AvgIpc) is 3.18. The highest BCUT2D eigenvalue weighted by molar-refractivity contribution is 5.87. The smallest absolute Gasteiger partial charge is 0.243 e. The number of carbonyl (C=O) groups excluding carboxylic acids is 1. The van der Waals surface area contributed by atoms with E-state index in [1.165, 1.54) is 0 Å². The van der Waals surface area contributed by atoms with Gasteiger partial charge in [0, 0.05) is 12.6 Å². The first kappa shape index (κ1) is 13.6. The second-order valence-electron chi connectivity index (χ2n) is 5.99. The third-order valence-electron chi connectivity index (χ3n) is 4.74. The standard InChI is InChI=1S/C15H23N3O2/c1-3-15(7-5-8-16-15)14(19)18-9-4-6-12(18)13-10-11(2)17-20-13/h10,12,16H,3-9H2,1-2H3. The quantitative estimate of drug-likeness (QED) is 0.920. The Morgan fingerprint density at radius 3 is 3.05 bits per heavy atom. The van der Waals surface area contributed by atoms with E-state index in [4.69, 9.17) is 4.52 Å². The molecule has 5 heteroatoms. The molecule has 0 saturated carbocycles. The largest absolute Gasteiger partial charge is 0.359 e. The van der Waals surface area contributed by atoms with Crippen LogP contribution in [-0.4, -0.2) is 34.6 Å². The number of rotatable bonds is 3. The molecule has 0 aromatic carbocycles. The molecule has 5 nitrogen and oxygen atoms in total. The Balaban J connectivity index is 1.83. The number of hydrogen-bond acceptors (Lipinski definition) is 4. The molecule has 3 rings (SSSR count). The van der Waals surface area contributed by atoms with Crippen LogP contribution >= 0.6 is 0 Å². The summed E-state index contributed by atoms with van der Waals surface area (Å²) in [5.41, 5.74) is 0.529. The molecule has 1 N–H and O–H groups in total. The Kier molecular flexibility index (Phi) is 3.54. The summed E-state index contributed by atoms with van der Waals surface area (Å²) < 4.78 is 5.39. The maximum absolute atomic E-state index is 13.0. The van der Waals surface area contributed by atoms with Crippen LogP contribution in [-0.2, 0) is 4.79 Å². The number of hydrogen-bond donors (Lipinski definition) is 1. The predicted octanol–water partition coefficient (Wildman–Crippen LogP) is 2.18. The zero-order valence-electron chi connectivity index (χ0n) is 12.3. The van der Waals surface area contributed by atoms with Gasteiger partial charge in [0.1, 0.15) is 0 Å². The lowest BCUT2D eigenvalue weighted by molar-refractivity contribution is -0.139. The van der Waals surface area contributed by atoms with Crippen LogP contribution in [0.3, 0.4) is 0 Å². The van der Waals surface area contributed by atoms with Gasteiger partial charge in [0.05, 0.1) is 17.3 Å². The molecule has 0 bridgehead atoms. The first-order valence-corrected chi connectivity index (χ1v) is 7.65. The van der Waals surface area contributed by atoms with Crippen molar-refractivity contribution in [3.05, 3.63) is 17.5 Å². The fraction of sp³-hybridized carbons (Fsp3) is 0.733.